The summed E-state index contributed by atoms with van der Waals surface area (Å²) in [6, 6.07) is 7.02. The number of alkyl carbamates (subject to hydrolysis) is 1. The number of hydrogen-bond acceptors (Lipinski definition) is 3. The fraction of sp³-hybridized carbons (Fsp3) is 0.611. The molecule has 2 bridgehead atoms. The maximum absolute atomic E-state index is 12.1. The summed E-state index contributed by atoms with van der Waals surface area (Å²) in [5.41, 5.74) is 0.727. The van der Waals surface area contributed by atoms with Crippen LogP contribution in [-0.2, 0) is 11.3 Å². The molecule has 3 rings (SSSR count). The predicted molar refractivity (Wildman–Crippen MR) is 99.3 cm³/mol. The van der Waals surface area contributed by atoms with Crippen molar-refractivity contribution in [2.75, 3.05) is 0 Å². The summed E-state index contributed by atoms with van der Waals surface area (Å²) < 4.78 is 6.37. The fourth-order valence-corrected chi connectivity index (χ4v) is 4.41. The van der Waals surface area contributed by atoms with Crippen molar-refractivity contribution in [3.8, 4) is 0 Å². The zero-order valence-electron chi connectivity index (χ0n) is 14.3. The highest BCUT2D eigenvalue weighted by Crippen LogP contribution is 2.40. The van der Waals surface area contributed by atoms with Gasteiger partial charge in [-0.15, -0.1) is 0 Å². The highest BCUT2D eigenvalue weighted by molar-refractivity contribution is 9.10. The average molecular weight is 416 g/mol. The van der Waals surface area contributed by atoms with Crippen LogP contribution < -0.4 is 5.32 Å². The van der Waals surface area contributed by atoms with Crippen LogP contribution in [0.15, 0.2) is 22.7 Å². The molecule has 4 nitrogen and oxygen atoms in total. The van der Waals surface area contributed by atoms with Gasteiger partial charge in [0.15, 0.2) is 0 Å². The molecule has 1 aromatic rings. The summed E-state index contributed by atoms with van der Waals surface area (Å²) in [6.45, 7) is 6.51. The van der Waals surface area contributed by atoms with Crippen LogP contribution in [0.3, 0.4) is 0 Å². The Morgan fingerprint density at radius 2 is 2.17 bits per heavy atom. The fourth-order valence-electron chi connectivity index (χ4n) is 3.83. The van der Waals surface area contributed by atoms with Gasteiger partial charge in [0.1, 0.15) is 5.60 Å². The lowest BCUT2D eigenvalue weighted by Gasteiger charge is -2.27. The number of nitrogens with one attached hydrogen (secondary N) is 1. The second-order valence-corrected chi connectivity index (χ2v) is 8.87. The van der Waals surface area contributed by atoms with Gasteiger partial charge < -0.3 is 10.1 Å². The Labute approximate surface area is 157 Å². The molecule has 1 N–H and O–H groups in total. The minimum atomic E-state index is -0.465. The lowest BCUT2D eigenvalue weighted by Crippen LogP contribution is -2.45. The first-order chi connectivity index (χ1) is 11.2. The largest absolute Gasteiger partial charge is 0.444 e. The normalized spacial score (nSPS) is 26.6. The SMILES string of the molecule is CC(C)(C)OC(=O)NC1CC2CCC1N2Cc1cccc(Cl)c1Br. The molecule has 3 atom stereocenters. The van der Waals surface area contributed by atoms with Crippen molar-refractivity contribution in [3.05, 3.63) is 33.3 Å². The number of carbonyl (C=O) groups is 1. The van der Waals surface area contributed by atoms with Crippen molar-refractivity contribution in [3.63, 3.8) is 0 Å². The molecule has 2 heterocycles. The van der Waals surface area contributed by atoms with Crippen molar-refractivity contribution < 1.29 is 9.53 Å². The zero-order chi connectivity index (χ0) is 17.5. The van der Waals surface area contributed by atoms with Crippen LogP contribution in [0.4, 0.5) is 4.79 Å². The van der Waals surface area contributed by atoms with Crippen LogP contribution in [0, 0.1) is 0 Å². The molecule has 3 unspecified atom stereocenters. The highest BCUT2D eigenvalue weighted by atomic mass is 79.9. The van der Waals surface area contributed by atoms with E-state index in [0.29, 0.717) is 12.1 Å². The van der Waals surface area contributed by atoms with E-state index in [0.717, 1.165) is 28.9 Å². The average Bonchev–Trinajstić information content (AvgIpc) is 2.98. The summed E-state index contributed by atoms with van der Waals surface area (Å²) in [5.74, 6) is 0. The molecule has 24 heavy (non-hydrogen) atoms. The van der Waals surface area contributed by atoms with Crippen LogP contribution in [0.5, 0.6) is 0 Å². The van der Waals surface area contributed by atoms with Gasteiger partial charge in [-0.1, -0.05) is 23.7 Å². The molecular formula is C18H24BrClN2O2. The number of nitrogens with zero attached hydrogens (tertiary/aromatic N) is 1. The summed E-state index contributed by atoms with van der Waals surface area (Å²) in [4.78, 5) is 14.6. The van der Waals surface area contributed by atoms with Crippen LogP contribution in [0.25, 0.3) is 0 Å². The predicted octanol–water partition coefficient (Wildman–Crippen LogP) is 4.73. The van der Waals surface area contributed by atoms with Gasteiger partial charge in [0.25, 0.3) is 0 Å². The van der Waals surface area contributed by atoms with Crippen molar-refractivity contribution in [2.45, 2.75) is 70.3 Å². The Kier molecular flexibility index (Phi) is 5.14. The Morgan fingerprint density at radius 1 is 1.42 bits per heavy atom. The minimum absolute atomic E-state index is 0.163. The number of halogens is 2. The molecular weight excluding hydrogens is 392 g/mol. The van der Waals surface area contributed by atoms with E-state index in [1.54, 1.807) is 0 Å². The van der Waals surface area contributed by atoms with Gasteiger partial charge in [-0.3, -0.25) is 4.90 Å². The third-order valence-corrected chi connectivity index (χ3v) is 6.25. The summed E-state index contributed by atoms with van der Waals surface area (Å²) in [5, 5.41) is 3.81. The van der Waals surface area contributed by atoms with E-state index in [9.17, 15) is 4.79 Å². The van der Waals surface area contributed by atoms with E-state index >= 15 is 0 Å². The maximum Gasteiger partial charge on any atom is 0.407 e. The molecule has 2 saturated heterocycles. The Hall–Kier alpha value is -0.780. The second kappa shape index (κ2) is 6.85. The first-order valence-corrected chi connectivity index (χ1v) is 9.60. The standard InChI is InChI=1S/C18H24BrClN2O2/c1-18(2,3)24-17(23)21-14-9-12-7-8-15(14)22(12)10-11-5-4-6-13(20)16(11)19/h4-6,12,14-15H,7-10H2,1-3H3,(H,21,23). The molecule has 0 saturated carbocycles. The molecule has 0 radical (unpaired) electrons. The molecule has 2 aliphatic rings. The van der Waals surface area contributed by atoms with Gasteiger partial charge in [-0.05, 0) is 67.6 Å². The molecule has 1 amide bonds. The molecule has 6 heteroatoms. The van der Waals surface area contributed by atoms with Gasteiger partial charge in [0.2, 0.25) is 0 Å². The lowest BCUT2D eigenvalue weighted by molar-refractivity contribution is 0.0491. The number of ether oxygens (including phenoxy) is 1. The third kappa shape index (κ3) is 3.89. The first kappa shape index (κ1) is 18.0. The first-order valence-electron chi connectivity index (χ1n) is 8.43. The number of fused-ring (bicyclic) bond motifs is 2. The summed E-state index contributed by atoms with van der Waals surface area (Å²) >= 11 is 9.80. The molecule has 2 fully saturated rings. The highest BCUT2D eigenvalue weighted by Gasteiger charge is 2.47. The zero-order valence-corrected chi connectivity index (χ0v) is 16.7. The quantitative estimate of drug-likeness (QED) is 0.776. The second-order valence-electron chi connectivity index (χ2n) is 7.67. The van der Waals surface area contributed by atoms with Crippen LogP contribution in [-0.4, -0.2) is 34.7 Å². The molecule has 132 valence electrons. The van der Waals surface area contributed by atoms with Crippen LogP contribution in [0.2, 0.25) is 5.02 Å². The molecule has 1 aromatic carbocycles. The summed E-state index contributed by atoms with van der Waals surface area (Å²) in [6.07, 6.45) is 2.98. The Bertz CT molecular complexity index is 632. The van der Waals surface area contributed by atoms with Crippen molar-refractivity contribution in [1.29, 1.82) is 0 Å². The van der Waals surface area contributed by atoms with Gasteiger partial charge in [-0.2, -0.15) is 0 Å². The number of carbonyl (C=O) groups excluding carboxylic acids is 1. The van der Waals surface area contributed by atoms with E-state index in [4.69, 9.17) is 16.3 Å². The van der Waals surface area contributed by atoms with E-state index in [1.807, 2.05) is 32.9 Å². The summed E-state index contributed by atoms with van der Waals surface area (Å²) in [7, 11) is 0. The Morgan fingerprint density at radius 3 is 2.88 bits per heavy atom. The van der Waals surface area contributed by atoms with E-state index in [2.05, 4.69) is 32.2 Å². The number of hydrogen-bond donors (Lipinski definition) is 1. The topological polar surface area (TPSA) is 41.6 Å². The van der Waals surface area contributed by atoms with Crippen molar-refractivity contribution in [2.24, 2.45) is 0 Å². The monoisotopic (exact) mass is 414 g/mol. The number of benzene rings is 1. The van der Waals surface area contributed by atoms with Gasteiger partial charge in [0, 0.05) is 29.1 Å². The molecule has 2 aliphatic heterocycles. The molecule has 0 spiro atoms. The van der Waals surface area contributed by atoms with Gasteiger partial charge in [0.05, 0.1) is 5.02 Å². The van der Waals surface area contributed by atoms with Gasteiger partial charge >= 0.3 is 6.09 Å². The van der Waals surface area contributed by atoms with Crippen molar-refractivity contribution >= 4 is 33.6 Å². The van der Waals surface area contributed by atoms with Crippen molar-refractivity contribution in [1.82, 2.24) is 10.2 Å². The molecule has 0 aliphatic carbocycles. The minimum Gasteiger partial charge on any atom is -0.444 e. The van der Waals surface area contributed by atoms with Crippen LogP contribution in [0.1, 0.15) is 45.6 Å². The molecule has 0 aromatic heterocycles. The number of amides is 1. The maximum atomic E-state index is 12.1. The Balaban J connectivity index is 1.65. The lowest BCUT2D eigenvalue weighted by atomic mass is 9.96. The number of rotatable bonds is 3. The third-order valence-electron chi connectivity index (χ3n) is 4.77. The van der Waals surface area contributed by atoms with E-state index < -0.39 is 5.60 Å². The smallest absolute Gasteiger partial charge is 0.407 e. The van der Waals surface area contributed by atoms with E-state index in [-0.39, 0.29) is 12.1 Å². The van der Waals surface area contributed by atoms with Crippen LogP contribution >= 0.6 is 27.5 Å². The van der Waals surface area contributed by atoms with Gasteiger partial charge in [-0.25, -0.2) is 4.79 Å². The van der Waals surface area contributed by atoms with E-state index in [1.165, 1.54) is 12.0 Å².